The second-order valence-electron chi connectivity index (χ2n) is 7.22. The zero-order valence-corrected chi connectivity index (χ0v) is 15.2. The highest BCUT2D eigenvalue weighted by Gasteiger charge is 2.55. The average Bonchev–Trinajstić information content (AvgIpc) is 3.27. The number of hydrogen-bond donors (Lipinski definition) is 1. The molecule has 1 fully saturated rings. The van der Waals surface area contributed by atoms with Gasteiger partial charge in [0, 0.05) is 12.5 Å². The summed E-state index contributed by atoms with van der Waals surface area (Å²) in [6.45, 7) is -0.385. The van der Waals surface area contributed by atoms with E-state index in [0.29, 0.717) is 4.90 Å². The quantitative estimate of drug-likeness (QED) is 0.828. The summed E-state index contributed by atoms with van der Waals surface area (Å²) in [7, 11) is 0. The molecule has 152 valence electrons. The van der Waals surface area contributed by atoms with Crippen molar-refractivity contribution in [1.29, 1.82) is 0 Å². The van der Waals surface area contributed by atoms with Gasteiger partial charge in [-0.15, -0.1) is 0 Å². The highest BCUT2D eigenvalue weighted by molar-refractivity contribution is 5.82. The molecule has 0 radical (unpaired) electrons. The van der Waals surface area contributed by atoms with Gasteiger partial charge in [-0.3, -0.25) is 4.90 Å². The highest BCUT2D eigenvalue weighted by atomic mass is 19.4. The Hall–Kier alpha value is -3.03. The van der Waals surface area contributed by atoms with E-state index in [0.717, 1.165) is 22.3 Å². The number of nitrogens with zero attached hydrogens (tertiary/aromatic N) is 1. The van der Waals surface area contributed by atoms with Gasteiger partial charge >= 0.3 is 18.2 Å². The molecule has 29 heavy (non-hydrogen) atoms. The van der Waals surface area contributed by atoms with E-state index in [1.807, 2.05) is 48.5 Å². The summed E-state index contributed by atoms with van der Waals surface area (Å²) in [5.41, 5.74) is 3.97. The van der Waals surface area contributed by atoms with Gasteiger partial charge in [-0.1, -0.05) is 48.5 Å². The minimum absolute atomic E-state index is 0.0770. The van der Waals surface area contributed by atoms with Crippen LogP contribution in [0.4, 0.5) is 18.0 Å². The number of likely N-dealkylation sites (tertiary alicyclic amines) is 1. The van der Waals surface area contributed by atoms with Crippen LogP contribution in [-0.4, -0.2) is 47.4 Å². The van der Waals surface area contributed by atoms with Crippen LogP contribution >= 0.6 is 0 Å². The lowest BCUT2D eigenvalue weighted by Crippen LogP contribution is -2.47. The number of fused-ring (bicyclic) bond motifs is 3. The Balaban J connectivity index is 1.53. The molecular weight excluding hydrogens is 387 g/mol. The second kappa shape index (κ2) is 7.09. The first kappa shape index (κ1) is 19.3. The maximum atomic E-state index is 13.1. The monoisotopic (exact) mass is 405 g/mol. The number of benzene rings is 2. The molecule has 0 bridgehead atoms. The van der Waals surface area contributed by atoms with Crippen LogP contribution < -0.4 is 0 Å². The van der Waals surface area contributed by atoms with Gasteiger partial charge in [0.25, 0.3) is 0 Å². The summed E-state index contributed by atoms with van der Waals surface area (Å²) >= 11 is 0. The summed E-state index contributed by atoms with van der Waals surface area (Å²) in [5.74, 6) is -4.03. The van der Waals surface area contributed by atoms with Crippen LogP contribution in [0.2, 0.25) is 0 Å². The third-order valence-electron chi connectivity index (χ3n) is 5.64. The molecule has 8 heteroatoms. The minimum Gasteiger partial charge on any atom is -0.480 e. The maximum absolute atomic E-state index is 13.1. The summed E-state index contributed by atoms with van der Waals surface area (Å²) in [6, 6.07) is 13.3. The Morgan fingerprint density at radius 1 is 1.03 bits per heavy atom. The van der Waals surface area contributed by atoms with Crippen LogP contribution in [0, 0.1) is 5.92 Å². The minimum atomic E-state index is -4.69. The van der Waals surface area contributed by atoms with Crippen molar-refractivity contribution in [2.75, 3.05) is 13.2 Å². The van der Waals surface area contributed by atoms with Crippen LogP contribution in [-0.2, 0) is 9.53 Å². The summed E-state index contributed by atoms with van der Waals surface area (Å²) in [5, 5.41) is 9.26. The number of ether oxygens (including phenoxy) is 1. The number of carboxylic acid groups (broad SMARTS) is 1. The molecular formula is C21H18F3NO4. The van der Waals surface area contributed by atoms with E-state index in [-0.39, 0.29) is 19.1 Å². The highest BCUT2D eigenvalue weighted by Crippen LogP contribution is 2.45. The van der Waals surface area contributed by atoms with Crippen molar-refractivity contribution in [3.8, 4) is 11.1 Å². The van der Waals surface area contributed by atoms with E-state index in [9.17, 15) is 27.9 Å². The first-order valence-corrected chi connectivity index (χ1v) is 9.20. The van der Waals surface area contributed by atoms with Crippen LogP contribution in [0.1, 0.15) is 23.5 Å². The Morgan fingerprint density at radius 2 is 1.59 bits per heavy atom. The smallest absolute Gasteiger partial charge is 0.410 e. The van der Waals surface area contributed by atoms with Crippen molar-refractivity contribution in [2.24, 2.45) is 5.92 Å². The normalized spacial score (nSPS) is 21.0. The zero-order valence-electron chi connectivity index (χ0n) is 15.2. The molecule has 1 aliphatic carbocycles. The maximum Gasteiger partial charge on any atom is 0.410 e. The van der Waals surface area contributed by atoms with Crippen molar-refractivity contribution in [2.45, 2.75) is 24.6 Å². The lowest BCUT2D eigenvalue weighted by Gasteiger charge is -2.26. The predicted molar refractivity (Wildman–Crippen MR) is 97.4 cm³/mol. The molecule has 1 N–H and O–H groups in total. The molecule has 2 aromatic carbocycles. The van der Waals surface area contributed by atoms with Gasteiger partial charge in [0.15, 0.2) is 0 Å². The van der Waals surface area contributed by atoms with Crippen LogP contribution in [0.15, 0.2) is 48.5 Å². The molecule has 5 nitrogen and oxygen atoms in total. The molecule has 1 heterocycles. The summed E-state index contributed by atoms with van der Waals surface area (Å²) in [4.78, 5) is 24.6. The van der Waals surface area contributed by atoms with E-state index < -0.39 is 36.6 Å². The molecule has 0 spiro atoms. The number of alkyl halides is 3. The Morgan fingerprint density at radius 3 is 2.10 bits per heavy atom. The van der Waals surface area contributed by atoms with Crippen LogP contribution in [0.3, 0.4) is 0 Å². The molecule has 0 aromatic heterocycles. The molecule has 0 unspecified atom stereocenters. The number of hydrogen-bond acceptors (Lipinski definition) is 3. The van der Waals surface area contributed by atoms with E-state index in [2.05, 4.69) is 0 Å². The lowest BCUT2D eigenvalue weighted by atomic mass is 9.98. The van der Waals surface area contributed by atoms with Crippen molar-refractivity contribution < 1.29 is 32.6 Å². The van der Waals surface area contributed by atoms with Crippen molar-refractivity contribution >= 4 is 12.1 Å². The topological polar surface area (TPSA) is 66.8 Å². The molecule has 2 aliphatic rings. The first-order valence-electron chi connectivity index (χ1n) is 9.20. The Kier molecular flexibility index (Phi) is 4.72. The molecule has 2 aromatic rings. The van der Waals surface area contributed by atoms with Crippen molar-refractivity contribution in [1.82, 2.24) is 4.90 Å². The van der Waals surface area contributed by atoms with Crippen LogP contribution in [0.5, 0.6) is 0 Å². The zero-order chi connectivity index (χ0) is 20.8. The fourth-order valence-electron chi connectivity index (χ4n) is 4.32. The van der Waals surface area contributed by atoms with Crippen molar-refractivity contribution in [3.05, 3.63) is 59.7 Å². The summed E-state index contributed by atoms with van der Waals surface area (Å²) < 4.78 is 44.7. The number of rotatable bonds is 3. The Labute approximate surface area is 164 Å². The fraction of sp³-hybridized carbons (Fsp3) is 0.333. The van der Waals surface area contributed by atoms with Gasteiger partial charge in [0.05, 0.1) is 5.92 Å². The third kappa shape index (κ3) is 3.32. The summed E-state index contributed by atoms with van der Waals surface area (Å²) in [6.07, 6.45) is -6.18. The van der Waals surface area contributed by atoms with Gasteiger partial charge in [0.1, 0.15) is 12.6 Å². The Bertz CT molecular complexity index is 913. The lowest BCUT2D eigenvalue weighted by molar-refractivity contribution is -0.187. The van der Waals surface area contributed by atoms with E-state index in [1.54, 1.807) is 0 Å². The molecule has 1 aliphatic heterocycles. The standard InChI is InChI=1S/C21H18F3NO4/c22-21(23,24)17-9-10-25(18(17)19(26)27)20(28)29-11-16-14-7-3-1-5-12(14)13-6-2-4-8-15(13)16/h1-8,16-18H,9-11H2,(H,26,27)/t17-,18-/m1/s1. The number of amides is 1. The third-order valence-corrected chi connectivity index (χ3v) is 5.64. The number of halogens is 3. The molecule has 2 atom stereocenters. The average molecular weight is 405 g/mol. The first-order chi connectivity index (χ1) is 13.8. The number of carboxylic acids is 1. The number of aliphatic carboxylic acids is 1. The largest absolute Gasteiger partial charge is 0.480 e. The van der Waals surface area contributed by atoms with Crippen molar-refractivity contribution in [3.63, 3.8) is 0 Å². The number of carbonyl (C=O) groups is 2. The fourth-order valence-corrected chi connectivity index (χ4v) is 4.32. The van der Waals surface area contributed by atoms with Gasteiger partial charge in [-0.25, -0.2) is 9.59 Å². The van der Waals surface area contributed by atoms with Gasteiger partial charge in [-0.05, 0) is 28.7 Å². The van der Waals surface area contributed by atoms with E-state index >= 15 is 0 Å². The van der Waals surface area contributed by atoms with E-state index in [1.165, 1.54) is 0 Å². The molecule has 4 rings (SSSR count). The predicted octanol–water partition coefficient (Wildman–Crippen LogP) is 4.27. The number of carbonyl (C=O) groups excluding carboxylic acids is 1. The SMILES string of the molecule is O=C(O)[C@H]1[C@H](C(F)(F)F)CCN1C(=O)OCC1c2ccccc2-c2ccccc21. The van der Waals surface area contributed by atoms with Gasteiger partial charge in [0.2, 0.25) is 0 Å². The van der Waals surface area contributed by atoms with Gasteiger partial charge < -0.3 is 9.84 Å². The van der Waals surface area contributed by atoms with Gasteiger partial charge in [-0.2, -0.15) is 13.2 Å². The second-order valence-corrected chi connectivity index (χ2v) is 7.22. The van der Waals surface area contributed by atoms with Crippen LogP contribution in [0.25, 0.3) is 11.1 Å². The molecule has 1 amide bonds. The molecule has 0 saturated carbocycles. The van der Waals surface area contributed by atoms with E-state index in [4.69, 9.17) is 4.74 Å². The molecule has 1 saturated heterocycles.